The van der Waals surface area contributed by atoms with Gasteiger partial charge in [0, 0.05) is 15.6 Å². The van der Waals surface area contributed by atoms with Crippen LogP contribution >= 0.6 is 34.8 Å². The van der Waals surface area contributed by atoms with E-state index in [9.17, 15) is 0 Å². The van der Waals surface area contributed by atoms with Gasteiger partial charge in [-0.15, -0.1) is 11.6 Å². The Labute approximate surface area is 128 Å². The monoisotopic (exact) mass is 314 g/mol. The van der Waals surface area contributed by atoms with Crippen molar-refractivity contribution in [3.05, 3.63) is 57.1 Å². The first-order valence-corrected chi connectivity index (χ1v) is 7.09. The van der Waals surface area contributed by atoms with Gasteiger partial charge in [-0.1, -0.05) is 29.3 Å². The van der Waals surface area contributed by atoms with Crippen molar-refractivity contribution in [3.63, 3.8) is 0 Å². The van der Waals surface area contributed by atoms with Crippen molar-refractivity contribution in [2.24, 2.45) is 0 Å². The highest BCUT2D eigenvalue weighted by atomic mass is 35.5. The molecule has 100 valence electrons. The Balaban J connectivity index is 2.44. The molecule has 0 aromatic heterocycles. The van der Waals surface area contributed by atoms with Crippen molar-refractivity contribution in [1.82, 2.24) is 0 Å². The molecule has 0 amide bonds. The molecule has 2 aromatic rings. The Morgan fingerprint density at radius 1 is 0.947 bits per heavy atom. The summed E-state index contributed by atoms with van der Waals surface area (Å²) in [7, 11) is 0. The van der Waals surface area contributed by atoms with Crippen molar-refractivity contribution < 1.29 is 4.74 Å². The highest BCUT2D eigenvalue weighted by Crippen LogP contribution is 2.34. The maximum absolute atomic E-state index is 6.01. The van der Waals surface area contributed by atoms with E-state index < -0.39 is 0 Å². The number of hydrogen-bond acceptors (Lipinski definition) is 1. The van der Waals surface area contributed by atoms with E-state index in [0.717, 1.165) is 22.4 Å². The van der Waals surface area contributed by atoms with Gasteiger partial charge in [-0.3, -0.25) is 0 Å². The minimum atomic E-state index is 0.373. The zero-order valence-corrected chi connectivity index (χ0v) is 12.9. The number of aryl methyl sites for hydroxylation is 2. The molecule has 0 saturated carbocycles. The zero-order chi connectivity index (χ0) is 14.0. The summed E-state index contributed by atoms with van der Waals surface area (Å²) in [6, 6.07) is 9.18. The fraction of sp³-hybridized carbons (Fsp3) is 0.200. The van der Waals surface area contributed by atoms with Crippen molar-refractivity contribution in [2.45, 2.75) is 19.7 Å². The van der Waals surface area contributed by atoms with E-state index in [1.165, 1.54) is 0 Å². The summed E-state index contributed by atoms with van der Waals surface area (Å²) in [4.78, 5) is 0. The second kappa shape index (κ2) is 6.04. The van der Waals surface area contributed by atoms with E-state index >= 15 is 0 Å². The molecule has 0 heterocycles. The highest BCUT2D eigenvalue weighted by molar-refractivity contribution is 6.31. The molecule has 4 heteroatoms. The van der Waals surface area contributed by atoms with Crippen LogP contribution in [0.1, 0.15) is 16.7 Å². The summed E-state index contributed by atoms with van der Waals surface area (Å²) in [5.74, 6) is 1.84. The van der Waals surface area contributed by atoms with E-state index in [1.807, 2.05) is 32.0 Å². The third kappa shape index (κ3) is 3.36. The minimum absolute atomic E-state index is 0.373. The van der Waals surface area contributed by atoms with Gasteiger partial charge in [0.05, 0.1) is 5.88 Å². The number of benzene rings is 2. The fourth-order valence-corrected chi connectivity index (χ4v) is 2.61. The molecule has 0 aliphatic carbocycles. The molecule has 0 spiro atoms. The van der Waals surface area contributed by atoms with Gasteiger partial charge in [-0.25, -0.2) is 0 Å². The largest absolute Gasteiger partial charge is 0.456 e. The van der Waals surface area contributed by atoms with Gasteiger partial charge < -0.3 is 4.74 Å². The van der Waals surface area contributed by atoms with Crippen LogP contribution in [0.5, 0.6) is 11.5 Å². The summed E-state index contributed by atoms with van der Waals surface area (Å²) >= 11 is 17.9. The summed E-state index contributed by atoms with van der Waals surface area (Å²) in [5, 5.41) is 1.32. The van der Waals surface area contributed by atoms with Gasteiger partial charge in [0.2, 0.25) is 0 Å². The molecule has 2 rings (SSSR count). The highest BCUT2D eigenvalue weighted by Gasteiger charge is 2.10. The second-order valence-corrected chi connectivity index (χ2v) is 5.50. The first-order valence-electron chi connectivity index (χ1n) is 5.80. The van der Waals surface area contributed by atoms with Crippen molar-refractivity contribution in [2.75, 3.05) is 0 Å². The molecule has 1 nitrogen and oxygen atoms in total. The first kappa shape index (κ1) is 14.5. The van der Waals surface area contributed by atoms with Gasteiger partial charge in [-0.2, -0.15) is 0 Å². The maximum atomic E-state index is 6.01. The van der Waals surface area contributed by atoms with Gasteiger partial charge in [0.25, 0.3) is 0 Å². The smallest absolute Gasteiger partial charge is 0.133 e. The molecule has 0 fully saturated rings. The Morgan fingerprint density at radius 2 is 1.58 bits per heavy atom. The van der Waals surface area contributed by atoms with Crippen LogP contribution in [0.3, 0.4) is 0 Å². The average molecular weight is 316 g/mol. The predicted molar refractivity (Wildman–Crippen MR) is 82.0 cm³/mol. The predicted octanol–water partition coefficient (Wildman–Crippen LogP) is 6.14. The molecule has 19 heavy (non-hydrogen) atoms. The summed E-state index contributed by atoms with van der Waals surface area (Å²) in [6.45, 7) is 3.91. The normalized spacial score (nSPS) is 10.6. The topological polar surface area (TPSA) is 9.23 Å². The van der Waals surface area contributed by atoms with Crippen LogP contribution in [-0.2, 0) is 5.88 Å². The van der Waals surface area contributed by atoms with Gasteiger partial charge in [0.1, 0.15) is 11.5 Å². The lowest BCUT2D eigenvalue weighted by molar-refractivity contribution is 0.471. The van der Waals surface area contributed by atoms with Crippen molar-refractivity contribution in [1.29, 1.82) is 0 Å². The quantitative estimate of drug-likeness (QED) is 0.618. The molecular formula is C15H13Cl3O. The molecule has 0 atom stereocenters. The Bertz CT molecular complexity index is 585. The van der Waals surface area contributed by atoms with Crippen molar-refractivity contribution >= 4 is 34.8 Å². The lowest BCUT2D eigenvalue weighted by Crippen LogP contribution is -1.94. The lowest BCUT2D eigenvalue weighted by Gasteiger charge is -2.14. The molecule has 0 aliphatic rings. The Kier molecular flexibility index (Phi) is 4.62. The standard InChI is InChI=1S/C15H13Cl3O/c1-9-5-13(18)6-10(2)15(9)19-14-7-12(17)4-3-11(14)8-16/h3-7H,8H2,1-2H3. The van der Waals surface area contributed by atoms with E-state index in [-0.39, 0.29) is 0 Å². The molecule has 0 N–H and O–H groups in total. The van der Waals surface area contributed by atoms with E-state index in [2.05, 4.69) is 0 Å². The van der Waals surface area contributed by atoms with Gasteiger partial charge in [-0.05, 0) is 49.2 Å². The third-order valence-corrected chi connectivity index (χ3v) is 3.55. The second-order valence-electron chi connectivity index (χ2n) is 4.36. The molecule has 0 saturated heterocycles. The van der Waals surface area contributed by atoms with Crippen LogP contribution in [0, 0.1) is 13.8 Å². The zero-order valence-electron chi connectivity index (χ0n) is 10.6. The number of rotatable bonds is 3. The van der Waals surface area contributed by atoms with Crippen LogP contribution in [-0.4, -0.2) is 0 Å². The summed E-state index contributed by atoms with van der Waals surface area (Å²) < 4.78 is 5.97. The average Bonchev–Trinajstić information content (AvgIpc) is 2.34. The Morgan fingerprint density at radius 3 is 2.16 bits per heavy atom. The molecular weight excluding hydrogens is 303 g/mol. The lowest BCUT2D eigenvalue weighted by atomic mass is 10.1. The van der Waals surface area contributed by atoms with Crippen LogP contribution < -0.4 is 4.74 Å². The molecule has 2 aromatic carbocycles. The van der Waals surface area contributed by atoms with E-state index in [4.69, 9.17) is 39.5 Å². The van der Waals surface area contributed by atoms with Gasteiger partial charge >= 0.3 is 0 Å². The number of halogens is 3. The minimum Gasteiger partial charge on any atom is -0.456 e. The van der Waals surface area contributed by atoms with Crippen LogP contribution in [0.4, 0.5) is 0 Å². The van der Waals surface area contributed by atoms with Crippen LogP contribution in [0.2, 0.25) is 10.0 Å². The van der Waals surface area contributed by atoms with Crippen LogP contribution in [0.15, 0.2) is 30.3 Å². The van der Waals surface area contributed by atoms with E-state index in [1.54, 1.807) is 12.1 Å². The molecule has 0 aliphatic heterocycles. The van der Waals surface area contributed by atoms with Crippen molar-refractivity contribution in [3.8, 4) is 11.5 Å². The number of hydrogen-bond donors (Lipinski definition) is 0. The van der Waals surface area contributed by atoms with E-state index in [0.29, 0.717) is 21.7 Å². The first-order chi connectivity index (χ1) is 9.01. The summed E-state index contributed by atoms with van der Waals surface area (Å²) in [5.41, 5.74) is 2.86. The molecule has 0 bridgehead atoms. The van der Waals surface area contributed by atoms with Gasteiger partial charge in [0.15, 0.2) is 0 Å². The SMILES string of the molecule is Cc1cc(Cl)cc(C)c1Oc1cc(Cl)ccc1CCl. The van der Waals surface area contributed by atoms with Crippen LogP contribution in [0.25, 0.3) is 0 Å². The Hall–Kier alpha value is -0.890. The number of alkyl halides is 1. The third-order valence-electron chi connectivity index (χ3n) is 2.81. The maximum Gasteiger partial charge on any atom is 0.133 e. The molecule has 0 radical (unpaired) electrons. The number of ether oxygens (including phenoxy) is 1. The molecule has 0 unspecified atom stereocenters. The fourth-order valence-electron chi connectivity index (χ4n) is 1.90. The summed E-state index contributed by atoms with van der Waals surface area (Å²) in [6.07, 6.45) is 0.